The minimum absolute atomic E-state index is 0.147. The Labute approximate surface area is 196 Å². The van der Waals surface area contributed by atoms with Gasteiger partial charge in [0.25, 0.3) is 5.91 Å². The molecule has 0 spiro atoms. The molecule has 176 valence electrons. The highest BCUT2D eigenvalue weighted by atomic mass is 35.5. The van der Waals surface area contributed by atoms with Gasteiger partial charge in [-0.2, -0.15) is 0 Å². The van der Waals surface area contributed by atoms with Crippen LogP contribution in [0.1, 0.15) is 36.5 Å². The summed E-state index contributed by atoms with van der Waals surface area (Å²) in [4.78, 5) is 47.7. The maximum atomic E-state index is 12.1. The Bertz CT molecular complexity index is 993. The number of carbonyl (C=O) groups is 4. The fraction of sp³-hybridized carbons (Fsp3) is 0.304. The second kappa shape index (κ2) is 13.1. The van der Waals surface area contributed by atoms with Crippen molar-refractivity contribution in [1.82, 2.24) is 0 Å². The zero-order valence-corrected chi connectivity index (χ0v) is 19.1. The first-order chi connectivity index (χ1) is 15.8. The first-order valence-corrected chi connectivity index (χ1v) is 10.6. The number of ether oxygens (including phenoxy) is 3. The Morgan fingerprint density at radius 1 is 0.909 bits per heavy atom. The molecule has 2 rings (SSSR count). The lowest BCUT2D eigenvalue weighted by Crippen LogP contribution is -2.22. The highest BCUT2D eigenvalue weighted by Crippen LogP contribution is 2.27. The number of amides is 2. The van der Waals surface area contributed by atoms with Crippen molar-refractivity contribution >= 4 is 46.7 Å². The van der Waals surface area contributed by atoms with Crippen molar-refractivity contribution in [2.45, 2.75) is 26.2 Å². The van der Waals surface area contributed by atoms with E-state index in [1.165, 1.54) is 37.4 Å². The van der Waals surface area contributed by atoms with E-state index < -0.39 is 30.4 Å². The van der Waals surface area contributed by atoms with Crippen LogP contribution in [0.5, 0.6) is 5.75 Å². The summed E-state index contributed by atoms with van der Waals surface area (Å²) in [5.41, 5.74) is 1.17. The number of esters is 2. The number of benzene rings is 2. The van der Waals surface area contributed by atoms with Gasteiger partial charge in [0.2, 0.25) is 5.91 Å². The minimum atomic E-state index is -0.702. The first-order valence-electron chi connectivity index (χ1n) is 10.2. The Morgan fingerprint density at radius 3 is 2.30 bits per heavy atom. The van der Waals surface area contributed by atoms with Crippen molar-refractivity contribution in [1.29, 1.82) is 0 Å². The van der Waals surface area contributed by atoms with Gasteiger partial charge in [0.1, 0.15) is 5.75 Å². The van der Waals surface area contributed by atoms with Crippen molar-refractivity contribution in [3.05, 3.63) is 53.1 Å². The third-order valence-electron chi connectivity index (χ3n) is 4.20. The predicted octanol–water partition coefficient (Wildman–Crippen LogP) is 3.82. The molecule has 33 heavy (non-hydrogen) atoms. The Kier molecular flexibility index (Phi) is 10.2. The monoisotopic (exact) mass is 476 g/mol. The fourth-order valence-electron chi connectivity index (χ4n) is 2.59. The van der Waals surface area contributed by atoms with Crippen LogP contribution in [0.2, 0.25) is 5.02 Å². The fourth-order valence-corrected chi connectivity index (χ4v) is 2.76. The minimum Gasteiger partial charge on any atom is -0.495 e. The molecule has 0 radical (unpaired) electrons. The van der Waals surface area contributed by atoms with E-state index in [-0.39, 0.29) is 12.8 Å². The summed E-state index contributed by atoms with van der Waals surface area (Å²) in [6.07, 6.45) is 0.363. The lowest BCUT2D eigenvalue weighted by atomic mass is 10.2. The SMILES string of the molecule is CCCOC(=O)c1ccc(NC(=O)COC(=O)CCC(=O)Nc2cc(Cl)ccc2OC)cc1. The average molecular weight is 477 g/mol. The van der Waals surface area contributed by atoms with Crippen LogP contribution in [-0.4, -0.2) is 44.1 Å². The standard InChI is InChI=1S/C23H25ClN2O7/c1-3-12-32-23(30)15-4-7-17(8-5-15)25-21(28)14-33-22(29)11-10-20(27)26-18-13-16(24)6-9-19(18)31-2/h4-9,13H,3,10-12,14H2,1-2H3,(H,25,28)(H,26,27). The summed E-state index contributed by atoms with van der Waals surface area (Å²) in [5, 5.41) is 5.58. The maximum absolute atomic E-state index is 12.1. The van der Waals surface area contributed by atoms with E-state index in [1.54, 1.807) is 12.1 Å². The number of hydrogen-bond donors (Lipinski definition) is 2. The summed E-state index contributed by atoms with van der Waals surface area (Å²) in [6.45, 7) is 1.72. The van der Waals surface area contributed by atoms with Gasteiger partial charge < -0.3 is 24.8 Å². The molecule has 2 aromatic rings. The zero-order chi connectivity index (χ0) is 24.2. The molecular formula is C23H25ClN2O7. The molecule has 0 atom stereocenters. The Hall–Kier alpha value is -3.59. The van der Waals surface area contributed by atoms with Gasteiger partial charge in [-0.05, 0) is 48.9 Å². The Morgan fingerprint density at radius 2 is 1.64 bits per heavy atom. The molecular weight excluding hydrogens is 452 g/mol. The third kappa shape index (κ3) is 8.82. The number of carbonyl (C=O) groups excluding carboxylic acids is 4. The van der Waals surface area contributed by atoms with Gasteiger partial charge in [0.05, 0.1) is 31.4 Å². The molecule has 2 N–H and O–H groups in total. The van der Waals surface area contributed by atoms with Crippen LogP contribution < -0.4 is 15.4 Å². The van der Waals surface area contributed by atoms with Crippen LogP contribution >= 0.6 is 11.6 Å². The van der Waals surface area contributed by atoms with Gasteiger partial charge in [0.15, 0.2) is 6.61 Å². The second-order valence-electron chi connectivity index (χ2n) is 6.81. The normalized spacial score (nSPS) is 10.2. The lowest BCUT2D eigenvalue weighted by Gasteiger charge is -2.10. The number of methoxy groups -OCH3 is 1. The van der Waals surface area contributed by atoms with Gasteiger partial charge in [-0.15, -0.1) is 0 Å². The molecule has 0 heterocycles. The van der Waals surface area contributed by atoms with E-state index in [9.17, 15) is 19.2 Å². The van der Waals surface area contributed by atoms with Crippen LogP contribution in [0.3, 0.4) is 0 Å². The largest absolute Gasteiger partial charge is 0.495 e. The molecule has 9 nitrogen and oxygen atoms in total. The van der Waals surface area contributed by atoms with Crippen LogP contribution in [0.25, 0.3) is 0 Å². The van der Waals surface area contributed by atoms with Crippen molar-refractivity contribution in [2.75, 3.05) is 31.0 Å². The average Bonchev–Trinajstić information content (AvgIpc) is 2.80. The molecule has 10 heteroatoms. The van der Waals surface area contributed by atoms with E-state index in [2.05, 4.69) is 10.6 Å². The van der Waals surface area contributed by atoms with Gasteiger partial charge in [-0.3, -0.25) is 14.4 Å². The van der Waals surface area contributed by atoms with Gasteiger partial charge in [-0.1, -0.05) is 18.5 Å². The number of anilines is 2. The summed E-state index contributed by atoms with van der Waals surface area (Å²) in [6, 6.07) is 10.9. The van der Waals surface area contributed by atoms with E-state index in [0.29, 0.717) is 34.3 Å². The van der Waals surface area contributed by atoms with Crippen molar-refractivity contribution in [3.8, 4) is 5.75 Å². The highest BCUT2D eigenvalue weighted by molar-refractivity contribution is 6.31. The molecule has 0 aliphatic carbocycles. The van der Waals surface area contributed by atoms with E-state index in [0.717, 1.165) is 6.42 Å². The predicted molar refractivity (Wildman–Crippen MR) is 122 cm³/mol. The molecule has 0 aromatic heterocycles. The van der Waals surface area contributed by atoms with Crippen molar-refractivity contribution in [2.24, 2.45) is 0 Å². The van der Waals surface area contributed by atoms with E-state index in [4.69, 9.17) is 25.8 Å². The molecule has 0 saturated carbocycles. The van der Waals surface area contributed by atoms with Gasteiger partial charge >= 0.3 is 11.9 Å². The quantitative estimate of drug-likeness (QED) is 0.473. The van der Waals surface area contributed by atoms with Gasteiger partial charge in [0, 0.05) is 17.1 Å². The third-order valence-corrected chi connectivity index (χ3v) is 4.43. The van der Waals surface area contributed by atoms with Crippen LogP contribution in [-0.2, 0) is 23.9 Å². The summed E-state index contributed by atoms with van der Waals surface area (Å²) in [5.74, 6) is -1.71. The highest BCUT2D eigenvalue weighted by Gasteiger charge is 2.13. The lowest BCUT2D eigenvalue weighted by molar-refractivity contribution is -0.147. The molecule has 0 fully saturated rings. The molecule has 2 aromatic carbocycles. The number of rotatable bonds is 11. The second-order valence-corrected chi connectivity index (χ2v) is 7.25. The van der Waals surface area contributed by atoms with Crippen molar-refractivity contribution in [3.63, 3.8) is 0 Å². The number of nitrogens with one attached hydrogen (secondary N) is 2. The van der Waals surface area contributed by atoms with Crippen LogP contribution in [0.4, 0.5) is 11.4 Å². The zero-order valence-electron chi connectivity index (χ0n) is 18.3. The summed E-state index contributed by atoms with van der Waals surface area (Å²) < 4.78 is 15.1. The maximum Gasteiger partial charge on any atom is 0.338 e. The van der Waals surface area contributed by atoms with Crippen molar-refractivity contribution < 1.29 is 33.4 Å². The molecule has 0 aliphatic rings. The van der Waals surface area contributed by atoms with E-state index >= 15 is 0 Å². The Balaban J connectivity index is 1.72. The molecule has 0 unspecified atom stereocenters. The first kappa shape index (κ1) is 25.7. The smallest absolute Gasteiger partial charge is 0.338 e. The van der Waals surface area contributed by atoms with Gasteiger partial charge in [-0.25, -0.2) is 4.79 Å². The topological polar surface area (TPSA) is 120 Å². The van der Waals surface area contributed by atoms with Crippen LogP contribution in [0, 0.1) is 0 Å². The summed E-state index contributed by atoms with van der Waals surface area (Å²) >= 11 is 5.91. The molecule has 2 amide bonds. The summed E-state index contributed by atoms with van der Waals surface area (Å²) in [7, 11) is 1.46. The van der Waals surface area contributed by atoms with Crippen LogP contribution in [0.15, 0.2) is 42.5 Å². The van der Waals surface area contributed by atoms with E-state index in [1.807, 2.05) is 6.92 Å². The molecule has 0 saturated heterocycles. The molecule has 0 aliphatic heterocycles. The number of halogens is 1. The number of hydrogen-bond acceptors (Lipinski definition) is 7. The molecule has 0 bridgehead atoms.